The third-order valence-corrected chi connectivity index (χ3v) is 4.17. The maximum Gasteiger partial charge on any atom is 0.371 e. The molecule has 2 aromatic rings. The monoisotopic (exact) mass is 329 g/mol. The minimum Gasteiger partial charge on any atom is -0.459 e. The average molecular weight is 329 g/mol. The van der Waals surface area contributed by atoms with E-state index in [0.29, 0.717) is 38.4 Å². The number of aldehydes is 1. The van der Waals surface area contributed by atoms with E-state index in [9.17, 15) is 14.4 Å². The van der Waals surface area contributed by atoms with Crippen LogP contribution in [0.1, 0.15) is 10.5 Å². The molecule has 2 heterocycles. The fourth-order valence-corrected chi connectivity index (χ4v) is 2.84. The van der Waals surface area contributed by atoms with E-state index in [2.05, 4.69) is 9.88 Å². The lowest BCUT2D eigenvalue weighted by Crippen LogP contribution is -2.49. The Labute approximate surface area is 139 Å². The van der Waals surface area contributed by atoms with Gasteiger partial charge < -0.3 is 14.6 Å². The van der Waals surface area contributed by atoms with E-state index in [1.54, 1.807) is 0 Å². The molecule has 0 spiro atoms. The predicted molar refractivity (Wildman–Crippen MR) is 87.7 cm³/mol. The second kappa shape index (κ2) is 7.27. The van der Waals surface area contributed by atoms with Crippen LogP contribution in [0, 0.1) is 0 Å². The Balaban J connectivity index is 1.51. The molecule has 1 amide bonds. The maximum absolute atomic E-state index is 12.6. The number of piperazine rings is 1. The second-order valence-corrected chi connectivity index (χ2v) is 5.69. The van der Waals surface area contributed by atoms with Crippen molar-refractivity contribution in [1.82, 2.24) is 14.8 Å². The molecule has 0 radical (unpaired) electrons. The summed E-state index contributed by atoms with van der Waals surface area (Å²) in [7, 11) is 0. The number of benzene rings is 1. The Morgan fingerprint density at radius 1 is 1.17 bits per heavy atom. The number of fused-ring (bicyclic) bond motifs is 1. The van der Waals surface area contributed by atoms with Gasteiger partial charge in [0.15, 0.2) is 0 Å². The number of aromatic amines is 1. The van der Waals surface area contributed by atoms with Crippen LogP contribution in [-0.2, 0) is 14.3 Å². The van der Waals surface area contributed by atoms with Gasteiger partial charge in [-0.05, 0) is 12.1 Å². The van der Waals surface area contributed by atoms with Crippen molar-refractivity contribution in [3.63, 3.8) is 0 Å². The van der Waals surface area contributed by atoms with Crippen molar-refractivity contribution in [2.24, 2.45) is 0 Å². The number of rotatable bonds is 5. The summed E-state index contributed by atoms with van der Waals surface area (Å²) in [6.45, 7) is 3.42. The molecule has 0 unspecified atom stereocenters. The number of hydrogen-bond donors (Lipinski definition) is 1. The van der Waals surface area contributed by atoms with Gasteiger partial charge in [-0.15, -0.1) is 0 Å². The SMILES string of the molecule is O=CC(=O)OCCN1CCN(C(=O)c2cc3ccccc3[nH]2)CC1. The van der Waals surface area contributed by atoms with Crippen LogP contribution in [0.3, 0.4) is 0 Å². The van der Waals surface area contributed by atoms with Gasteiger partial charge in [0.05, 0.1) is 0 Å². The molecular weight excluding hydrogens is 310 g/mol. The molecule has 126 valence electrons. The molecule has 24 heavy (non-hydrogen) atoms. The van der Waals surface area contributed by atoms with Gasteiger partial charge in [-0.3, -0.25) is 14.5 Å². The number of hydrogen-bond acceptors (Lipinski definition) is 5. The van der Waals surface area contributed by atoms with Gasteiger partial charge in [0.25, 0.3) is 5.91 Å². The molecule has 1 aliphatic rings. The molecule has 0 saturated carbocycles. The Bertz CT molecular complexity index is 714. The van der Waals surface area contributed by atoms with Crippen LogP contribution in [0.25, 0.3) is 10.9 Å². The third-order valence-electron chi connectivity index (χ3n) is 4.17. The molecule has 0 atom stereocenters. The molecule has 1 saturated heterocycles. The third kappa shape index (κ3) is 3.62. The van der Waals surface area contributed by atoms with Crippen LogP contribution in [0.2, 0.25) is 0 Å². The lowest BCUT2D eigenvalue weighted by Gasteiger charge is -2.34. The highest BCUT2D eigenvalue weighted by molar-refractivity contribution is 6.20. The van der Waals surface area contributed by atoms with E-state index in [-0.39, 0.29) is 18.8 Å². The highest BCUT2D eigenvalue weighted by Crippen LogP contribution is 2.16. The summed E-state index contributed by atoms with van der Waals surface area (Å²) in [5, 5.41) is 1.02. The lowest BCUT2D eigenvalue weighted by molar-refractivity contribution is -0.149. The van der Waals surface area contributed by atoms with Gasteiger partial charge in [0.2, 0.25) is 6.29 Å². The summed E-state index contributed by atoms with van der Waals surface area (Å²) in [4.78, 5) is 40.6. The summed E-state index contributed by atoms with van der Waals surface area (Å²) in [5.74, 6) is -0.846. The zero-order valence-electron chi connectivity index (χ0n) is 13.2. The van der Waals surface area contributed by atoms with E-state index in [1.165, 1.54) is 0 Å². The lowest BCUT2D eigenvalue weighted by atomic mass is 10.2. The number of carbonyl (C=O) groups is 3. The molecule has 0 bridgehead atoms. The number of amides is 1. The normalized spacial score (nSPS) is 15.4. The number of para-hydroxylation sites is 1. The second-order valence-electron chi connectivity index (χ2n) is 5.69. The van der Waals surface area contributed by atoms with Crippen LogP contribution < -0.4 is 0 Å². The Morgan fingerprint density at radius 3 is 2.62 bits per heavy atom. The number of nitrogens with zero attached hydrogens (tertiary/aromatic N) is 2. The Hall–Kier alpha value is -2.67. The molecule has 1 aliphatic heterocycles. The number of ether oxygens (including phenoxy) is 1. The van der Waals surface area contributed by atoms with Gasteiger partial charge in [-0.1, -0.05) is 18.2 Å². The minimum absolute atomic E-state index is 0.00164. The van der Waals surface area contributed by atoms with Crippen molar-refractivity contribution in [3.8, 4) is 0 Å². The first-order chi connectivity index (χ1) is 11.7. The van der Waals surface area contributed by atoms with Crippen molar-refractivity contribution in [3.05, 3.63) is 36.0 Å². The van der Waals surface area contributed by atoms with Crippen LogP contribution in [0.4, 0.5) is 0 Å². The highest BCUT2D eigenvalue weighted by atomic mass is 16.5. The smallest absolute Gasteiger partial charge is 0.371 e. The van der Waals surface area contributed by atoms with Gasteiger partial charge in [-0.25, -0.2) is 4.79 Å². The summed E-state index contributed by atoms with van der Waals surface area (Å²) in [5.41, 5.74) is 1.56. The van der Waals surface area contributed by atoms with Gasteiger partial charge >= 0.3 is 5.97 Å². The molecule has 3 rings (SSSR count). The summed E-state index contributed by atoms with van der Waals surface area (Å²) in [6, 6.07) is 9.68. The fourth-order valence-electron chi connectivity index (χ4n) is 2.84. The van der Waals surface area contributed by atoms with E-state index in [1.807, 2.05) is 35.2 Å². The first-order valence-corrected chi connectivity index (χ1v) is 7.88. The minimum atomic E-state index is -0.845. The molecule has 1 aromatic carbocycles. The molecule has 7 heteroatoms. The largest absolute Gasteiger partial charge is 0.459 e. The Morgan fingerprint density at radius 2 is 1.92 bits per heavy atom. The maximum atomic E-state index is 12.6. The Kier molecular flexibility index (Phi) is 4.90. The average Bonchev–Trinajstić information content (AvgIpc) is 3.05. The van der Waals surface area contributed by atoms with E-state index in [4.69, 9.17) is 4.74 Å². The first kappa shape index (κ1) is 16.2. The van der Waals surface area contributed by atoms with Gasteiger partial charge in [0, 0.05) is 43.6 Å². The van der Waals surface area contributed by atoms with Crippen LogP contribution >= 0.6 is 0 Å². The quantitative estimate of drug-likeness (QED) is 0.495. The van der Waals surface area contributed by atoms with Crippen LogP contribution in [0.15, 0.2) is 30.3 Å². The van der Waals surface area contributed by atoms with E-state index < -0.39 is 5.97 Å². The predicted octanol–water partition coefficient (Wildman–Crippen LogP) is 0.668. The molecule has 0 aliphatic carbocycles. The van der Waals surface area contributed by atoms with Crippen molar-refractivity contribution < 1.29 is 19.1 Å². The molecule has 7 nitrogen and oxygen atoms in total. The number of H-pyrrole nitrogens is 1. The number of esters is 1. The molecular formula is C17H19N3O4. The zero-order valence-corrected chi connectivity index (χ0v) is 13.2. The standard InChI is InChI=1S/C17H19N3O4/c21-12-16(22)24-10-9-19-5-7-20(8-6-19)17(23)15-11-13-3-1-2-4-14(13)18-15/h1-4,11-12,18H,5-10H2. The topological polar surface area (TPSA) is 82.7 Å². The van der Waals surface area contributed by atoms with Crippen LogP contribution in [-0.4, -0.2) is 72.3 Å². The summed E-state index contributed by atoms with van der Waals surface area (Å²) >= 11 is 0. The van der Waals surface area contributed by atoms with Gasteiger partial charge in [-0.2, -0.15) is 0 Å². The van der Waals surface area contributed by atoms with Crippen molar-refractivity contribution >= 4 is 29.1 Å². The van der Waals surface area contributed by atoms with Gasteiger partial charge in [0.1, 0.15) is 12.3 Å². The van der Waals surface area contributed by atoms with E-state index >= 15 is 0 Å². The first-order valence-electron chi connectivity index (χ1n) is 7.88. The summed E-state index contributed by atoms with van der Waals surface area (Å²) in [6.07, 6.45) is 0.164. The number of carbonyl (C=O) groups excluding carboxylic acids is 3. The molecule has 1 N–H and O–H groups in total. The number of nitrogens with one attached hydrogen (secondary N) is 1. The van der Waals surface area contributed by atoms with Crippen LogP contribution in [0.5, 0.6) is 0 Å². The van der Waals surface area contributed by atoms with Crippen molar-refractivity contribution in [2.45, 2.75) is 0 Å². The van der Waals surface area contributed by atoms with Crippen molar-refractivity contribution in [2.75, 3.05) is 39.3 Å². The number of aromatic nitrogens is 1. The molecule has 1 aromatic heterocycles. The van der Waals surface area contributed by atoms with E-state index in [0.717, 1.165) is 10.9 Å². The zero-order chi connectivity index (χ0) is 16.9. The molecule has 1 fully saturated rings. The fraction of sp³-hybridized carbons (Fsp3) is 0.353. The summed E-state index contributed by atoms with van der Waals surface area (Å²) < 4.78 is 4.74. The van der Waals surface area contributed by atoms with Crippen molar-refractivity contribution in [1.29, 1.82) is 0 Å². The highest BCUT2D eigenvalue weighted by Gasteiger charge is 2.23.